The van der Waals surface area contributed by atoms with Crippen molar-refractivity contribution in [3.05, 3.63) is 54.1 Å². The van der Waals surface area contributed by atoms with Crippen LogP contribution in [0.25, 0.3) is 0 Å². The number of aryl methyl sites for hydroxylation is 1. The topological polar surface area (TPSA) is 52.7 Å². The number of para-hydroxylation sites is 1. The summed E-state index contributed by atoms with van der Waals surface area (Å²) in [5, 5.41) is 3.01. The van der Waals surface area contributed by atoms with Gasteiger partial charge in [0.2, 0.25) is 11.8 Å². The fourth-order valence-electron chi connectivity index (χ4n) is 3.58. The quantitative estimate of drug-likeness (QED) is 0.789. The molecule has 0 saturated heterocycles. The summed E-state index contributed by atoms with van der Waals surface area (Å²) in [6.07, 6.45) is 0.610. The number of nitrogens with one attached hydrogen (secondary N) is 1. The Balaban J connectivity index is 1.61. The van der Waals surface area contributed by atoms with Gasteiger partial charge in [0.05, 0.1) is 11.8 Å². The van der Waals surface area contributed by atoms with Crippen LogP contribution in [-0.2, 0) is 9.59 Å². The van der Waals surface area contributed by atoms with Gasteiger partial charge in [-0.3, -0.25) is 9.59 Å². The van der Waals surface area contributed by atoms with E-state index in [4.69, 9.17) is 0 Å². The smallest absolute Gasteiger partial charge is 0.230 e. The second-order valence-corrected chi connectivity index (χ2v) is 7.34. The Kier molecular flexibility index (Phi) is 6.02. The van der Waals surface area contributed by atoms with Gasteiger partial charge in [0.25, 0.3) is 0 Å². The average Bonchev–Trinajstić information content (AvgIpc) is 3.51. The van der Waals surface area contributed by atoms with Gasteiger partial charge in [0.15, 0.2) is 0 Å². The molecule has 2 aromatic rings. The van der Waals surface area contributed by atoms with E-state index >= 15 is 0 Å². The Morgan fingerprint density at radius 1 is 1.00 bits per heavy atom. The first-order valence-electron chi connectivity index (χ1n) is 9.95. The Morgan fingerprint density at radius 3 is 2.29 bits per heavy atom. The summed E-state index contributed by atoms with van der Waals surface area (Å²) in [6, 6.07) is 15.6. The van der Waals surface area contributed by atoms with Crippen LogP contribution in [0.3, 0.4) is 0 Å². The molecule has 1 saturated carbocycles. The molecule has 2 atom stereocenters. The molecule has 1 aliphatic rings. The molecular weight excluding hydrogens is 350 g/mol. The van der Waals surface area contributed by atoms with Crippen LogP contribution in [0.2, 0.25) is 0 Å². The normalized spacial score (nSPS) is 17.7. The highest BCUT2D eigenvalue weighted by Gasteiger charge is 2.49. The SMILES string of the molecule is CCN(CC)c1ccc(NC(=O)C2CC2C(=O)N(C)c2ccccc2)c(C)c1. The maximum absolute atomic E-state index is 12.7. The van der Waals surface area contributed by atoms with Crippen molar-refractivity contribution in [3.8, 4) is 0 Å². The Morgan fingerprint density at radius 2 is 1.68 bits per heavy atom. The van der Waals surface area contributed by atoms with Gasteiger partial charge < -0.3 is 15.1 Å². The molecular formula is C23H29N3O2. The minimum absolute atomic E-state index is 0.0000433. The Labute approximate surface area is 167 Å². The van der Waals surface area contributed by atoms with Crippen LogP contribution in [0.15, 0.2) is 48.5 Å². The minimum atomic E-state index is -0.250. The van der Waals surface area contributed by atoms with Crippen molar-refractivity contribution >= 4 is 28.9 Å². The van der Waals surface area contributed by atoms with E-state index in [-0.39, 0.29) is 23.7 Å². The summed E-state index contributed by atoms with van der Waals surface area (Å²) >= 11 is 0. The van der Waals surface area contributed by atoms with Gasteiger partial charge in [-0.2, -0.15) is 0 Å². The van der Waals surface area contributed by atoms with E-state index in [9.17, 15) is 9.59 Å². The van der Waals surface area contributed by atoms with E-state index in [1.54, 1.807) is 11.9 Å². The fourth-order valence-corrected chi connectivity index (χ4v) is 3.58. The third-order valence-electron chi connectivity index (χ3n) is 5.51. The second-order valence-electron chi connectivity index (χ2n) is 7.34. The fraction of sp³-hybridized carbons (Fsp3) is 0.391. The van der Waals surface area contributed by atoms with Gasteiger partial charge in [0.1, 0.15) is 0 Å². The summed E-state index contributed by atoms with van der Waals surface area (Å²) < 4.78 is 0. The van der Waals surface area contributed by atoms with E-state index in [1.165, 1.54) is 0 Å². The molecule has 3 rings (SSSR count). The van der Waals surface area contributed by atoms with Crippen molar-refractivity contribution < 1.29 is 9.59 Å². The highest BCUT2D eigenvalue weighted by Crippen LogP contribution is 2.41. The molecule has 0 aliphatic heterocycles. The first kappa shape index (κ1) is 19.9. The summed E-state index contributed by atoms with van der Waals surface area (Å²) in [7, 11) is 1.76. The van der Waals surface area contributed by atoms with Gasteiger partial charge >= 0.3 is 0 Å². The number of benzene rings is 2. The first-order chi connectivity index (χ1) is 13.5. The summed E-state index contributed by atoms with van der Waals surface area (Å²) in [4.78, 5) is 29.2. The molecule has 2 amide bonds. The lowest BCUT2D eigenvalue weighted by Crippen LogP contribution is -2.29. The molecule has 0 heterocycles. The van der Waals surface area contributed by atoms with Gasteiger partial charge in [0, 0.05) is 37.2 Å². The molecule has 148 valence electrons. The lowest BCUT2D eigenvalue weighted by molar-refractivity contribution is -0.123. The van der Waals surface area contributed by atoms with Crippen molar-refractivity contribution in [1.29, 1.82) is 0 Å². The van der Waals surface area contributed by atoms with Crippen LogP contribution in [0.1, 0.15) is 25.8 Å². The number of hydrogen-bond acceptors (Lipinski definition) is 3. The van der Waals surface area contributed by atoms with E-state index in [0.29, 0.717) is 6.42 Å². The molecule has 28 heavy (non-hydrogen) atoms. The molecule has 1 fully saturated rings. The van der Waals surface area contributed by atoms with Crippen LogP contribution in [-0.4, -0.2) is 32.0 Å². The minimum Gasteiger partial charge on any atom is -0.372 e. The molecule has 0 radical (unpaired) electrons. The molecule has 1 N–H and O–H groups in total. The Hall–Kier alpha value is -2.82. The van der Waals surface area contributed by atoms with Crippen LogP contribution >= 0.6 is 0 Å². The predicted octanol–water partition coefficient (Wildman–Crippen LogP) is 4.08. The summed E-state index contributed by atoms with van der Waals surface area (Å²) in [5.74, 6) is -0.556. The van der Waals surface area contributed by atoms with Crippen molar-refractivity contribution in [2.75, 3.05) is 35.3 Å². The van der Waals surface area contributed by atoms with E-state index in [1.807, 2.05) is 49.4 Å². The number of rotatable bonds is 7. The largest absolute Gasteiger partial charge is 0.372 e. The predicted molar refractivity (Wildman–Crippen MR) is 115 cm³/mol. The van der Waals surface area contributed by atoms with Crippen LogP contribution in [0.5, 0.6) is 0 Å². The summed E-state index contributed by atoms with van der Waals surface area (Å²) in [5.41, 5.74) is 3.85. The maximum Gasteiger partial charge on any atom is 0.230 e. The lowest BCUT2D eigenvalue weighted by Gasteiger charge is -2.22. The van der Waals surface area contributed by atoms with Crippen molar-refractivity contribution in [2.45, 2.75) is 27.2 Å². The zero-order chi connectivity index (χ0) is 20.3. The van der Waals surface area contributed by atoms with Crippen molar-refractivity contribution in [1.82, 2.24) is 0 Å². The lowest BCUT2D eigenvalue weighted by atomic mass is 10.1. The van der Waals surface area contributed by atoms with Crippen molar-refractivity contribution in [2.24, 2.45) is 11.8 Å². The van der Waals surface area contributed by atoms with E-state index < -0.39 is 0 Å². The molecule has 0 bridgehead atoms. The molecule has 2 unspecified atom stereocenters. The molecule has 2 aromatic carbocycles. The van der Waals surface area contributed by atoms with Crippen LogP contribution in [0.4, 0.5) is 17.1 Å². The number of amides is 2. The van der Waals surface area contributed by atoms with Crippen LogP contribution in [0, 0.1) is 18.8 Å². The monoisotopic (exact) mass is 379 g/mol. The molecule has 0 aromatic heterocycles. The van der Waals surface area contributed by atoms with Gasteiger partial charge in [-0.25, -0.2) is 0 Å². The number of carbonyl (C=O) groups excluding carboxylic acids is 2. The number of anilines is 3. The van der Waals surface area contributed by atoms with Gasteiger partial charge in [-0.1, -0.05) is 18.2 Å². The van der Waals surface area contributed by atoms with Crippen molar-refractivity contribution in [3.63, 3.8) is 0 Å². The molecule has 0 spiro atoms. The Bertz CT molecular complexity index is 846. The number of hydrogen-bond donors (Lipinski definition) is 1. The van der Waals surface area contributed by atoms with E-state index in [0.717, 1.165) is 35.7 Å². The highest BCUT2D eigenvalue weighted by atomic mass is 16.2. The second kappa shape index (κ2) is 8.46. The van der Waals surface area contributed by atoms with E-state index in [2.05, 4.69) is 30.1 Å². The third-order valence-corrected chi connectivity index (χ3v) is 5.51. The molecule has 1 aliphatic carbocycles. The standard InChI is InChI=1S/C23H29N3O2/c1-5-26(6-2)18-12-13-21(16(3)14-18)24-22(27)19-15-20(19)23(28)25(4)17-10-8-7-9-11-17/h7-14,19-20H,5-6,15H2,1-4H3,(H,24,27). The highest BCUT2D eigenvalue weighted by molar-refractivity contribution is 6.04. The molecule has 5 heteroatoms. The average molecular weight is 380 g/mol. The summed E-state index contributed by atoms with van der Waals surface area (Å²) in [6.45, 7) is 8.16. The zero-order valence-electron chi connectivity index (χ0n) is 17.1. The first-order valence-corrected chi connectivity index (χ1v) is 9.95. The maximum atomic E-state index is 12.7. The molecule has 5 nitrogen and oxygen atoms in total. The van der Waals surface area contributed by atoms with Gasteiger partial charge in [-0.15, -0.1) is 0 Å². The van der Waals surface area contributed by atoms with Gasteiger partial charge in [-0.05, 0) is 63.1 Å². The van der Waals surface area contributed by atoms with Crippen LogP contribution < -0.4 is 15.1 Å². The number of carbonyl (C=O) groups is 2. The third kappa shape index (κ3) is 4.19. The zero-order valence-corrected chi connectivity index (χ0v) is 17.1. The number of nitrogens with zero attached hydrogens (tertiary/aromatic N) is 2.